The van der Waals surface area contributed by atoms with Crippen LogP contribution in [-0.4, -0.2) is 16.8 Å². The summed E-state index contributed by atoms with van der Waals surface area (Å²) in [4.78, 5) is 0. The monoisotopic (exact) mass is 159 g/mol. The highest BCUT2D eigenvalue weighted by Gasteiger charge is 1.99. The summed E-state index contributed by atoms with van der Waals surface area (Å²) in [6.45, 7) is 0.764. The predicted octanol–water partition coefficient (Wildman–Crippen LogP) is 0.793. The molecular formula is C6H10ClN3. The van der Waals surface area contributed by atoms with Crippen LogP contribution in [0.1, 0.15) is 5.69 Å². The first-order valence-electron chi connectivity index (χ1n) is 3.07. The van der Waals surface area contributed by atoms with Crippen molar-refractivity contribution in [2.45, 2.75) is 6.54 Å². The van der Waals surface area contributed by atoms with E-state index >= 15 is 0 Å². The van der Waals surface area contributed by atoms with Gasteiger partial charge in [-0.25, -0.2) is 0 Å². The maximum Gasteiger partial charge on any atom is 0.127 e. The zero-order chi connectivity index (χ0) is 7.56. The van der Waals surface area contributed by atoms with Crippen LogP contribution in [0, 0.1) is 0 Å². The minimum atomic E-state index is 0.672. The molecule has 56 valence electrons. The Labute approximate surface area is 65.0 Å². The van der Waals surface area contributed by atoms with Crippen LogP contribution in [0.2, 0.25) is 5.15 Å². The quantitative estimate of drug-likeness (QED) is 0.692. The summed E-state index contributed by atoms with van der Waals surface area (Å²) in [7, 11) is 3.70. The molecular weight excluding hydrogens is 150 g/mol. The number of aromatic nitrogens is 2. The molecule has 0 aliphatic heterocycles. The normalized spacial score (nSPS) is 10.3. The zero-order valence-corrected chi connectivity index (χ0v) is 6.81. The minimum Gasteiger partial charge on any atom is -0.314 e. The second-order valence-electron chi connectivity index (χ2n) is 2.11. The minimum absolute atomic E-state index is 0.672. The standard InChI is InChI=1S/C6H10ClN3/c1-8-4-5-3-6(7)10(2)9-5/h3,8H,4H2,1-2H3. The maximum atomic E-state index is 5.74. The molecule has 1 rings (SSSR count). The Hall–Kier alpha value is -0.540. The number of nitrogens with zero attached hydrogens (tertiary/aromatic N) is 2. The van der Waals surface area contributed by atoms with Gasteiger partial charge in [0.25, 0.3) is 0 Å². The average molecular weight is 160 g/mol. The summed E-state index contributed by atoms with van der Waals surface area (Å²) in [6, 6.07) is 1.85. The van der Waals surface area contributed by atoms with E-state index in [1.54, 1.807) is 4.68 Å². The molecule has 0 aliphatic carbocycles. The van der Waals surface area contributed by atoms with E-state index in [2.05, 4.69) is 10.4 Å². The molecule has 3 nitrogen and oxygen atoms in total. The largest absolute Gasteiger partial charge is 0.314 e. The van der Waals surface area contributed by atoms with Gasteiger partial charge in [0.1, 0.15) is 5.15 Å². The van der Waals surface area contributed by atoms with Crippen molar-refractivity contribution in [2.24, 2.45) is 7.05 Å². The molecule has 0 amide bonds. The van der Waals surface area contributed by atoms with Crippen LogP contribution in [0.3, 0.4) is 0 Å². The van der Waals surface area contributed by atoms with Gasteiger partial charge in [-0.15, -0.1) is 0 Å². The first-order chi connectivity index (χ1) is 4.74. The van der Waals surface area contributed by atoms with Crippen molar-refractivity contribution >= 4 is 11.6 Å². The maximum absolute atomic E-state index is 5.74. The molecule has 0 aliphatic rings. The Morgan fingerprint density at radius 3 is 2.90 bits per heavy atom. The van der Waals surface area contributed by atoms with Crippen LogP contribution >= 0.6 is 11.6 Å². The summed E-state index contributed by atoms with van der Waals surface area (Å²) >= 11 is 5.74. The highest BCUT2D eigenvalue weighted by atomic mass is 35.5. The van der Waals surface area contributed by atoms with E-state index in [1.807, 2.05) is 20.2 Å². The number of halogens is 1. The molecule has 0 unspecified atom stereocenters. The van der Waals surface area contributed by atoms with Crippen LogP contribution in [-0.2, 0) is 13.6 Å². The predicted molar refractivity (Wildman–Crippen MR) is 41.0 cm³/mol. The van der Waals surface area contributed by atoms with Gasteiger partial charge in [-0.3, -0.25) is 4.68 Å². The van der Waals surface area contributed by atoms with Crippen molar-refractivity contribution in [1.82, 2.24) is 15.1 Å². The third-order valence-electron chi connectivity index (χ3n) is 1.23. The third-order valence-corrected chi connectivity index (χ3v) is 1.58. The summed E-state index contributed by atoms with van der Waals surface area (Å²) < 4.78 is 1.65. The topological polar surface area (TPSA) is 29.9 Å². The lowest BCUT2D eigenvalue weighted by Crippen LogP contribution is -2.05. The SMILES string of the molecule is CNCc1cc(Cl)n(C)n1. The van der Waals surface area contributed by atoms with Crippen molar-refractivity contribution in [3.63, 3.8) is 0 Å². The lowest BCUT2D eigenvalue weighted by atomic mass is 10.4. The van der Waals surface area contributed by atoms with Gasteiger partial charge < -0.3 is 5.32 Å². The summed E-state index contributed by atoms with van der Waals surface area (Å²) in [5, 5.41) is 7.78. The van der Waals surface area contributed by atoms with Crippen LogP contribution in [0.4, 0.5) is 0 Å². The van der Waals surface area contributed by atoms with E-state index < -0.39 is 0 Å². The summed E-state index contributed by atoms with van der Waals surface area (Å²) in [5.41, 5.74) is 0.968. The molecule has 10 heavy (non-hydrogen) atoms. The molecule has 0 spiro atoms. The highest BCUT2D eigenvalue weighted by Crippen LogP contribution is 2.07. The van der Waals surface area contributed by atoms with Gasteiger partial charge in [0.15, 0.2) is 0 Å². The first kappa shape index (κ1) is 7.57. The average Bonchev–Trinajstić information content (AvgIpc) is 2.14. The van der Waals surface area contributed by atoms with E-state index in [0.29, 0.717) is 5.15 Å². The molecule has 0 fully saturated rings. The van der Waals surface area contributed by atoms with Gasteiger partial charge in [-0.2, -0.15) is 5.10 Å². The molecule has 1 aromatic rings. The van der Waals surface area contributed by atoms with Gasteiger partial charge in [0.2, 0.25) is 0 Å². The van der Waals surface area contributed by atoms with Crippen LogP contribution < -0.4 is 5.32 Å². The molecule has 0 radical (unpaired) electrons. The number of hydrogen-bond acceptors (Lipinski definition) is 2. The van der Waals surface area contributed by atoms with Gasteiger partial charge >= 0.3 is 0 Å². The molecule has 0 bridgehead atoms. The number of aryl methyl sites for hydroxylation is 1. The second-order valence-corrected chi connectivity index (χ2v) is 2.50. The molecule has 4 heteroatoms. The van der Waals surface area contributed by atoms with Gasteiger partial charge in [0.05, 0.1) is 5.69 Å². The molecule has 0 atom stereocenters. The van der Waals surface area contributed by atoms with E-state index in [-0.39, 0.29) is 0 Å². The Morgan fingerprint density at radius 1 is 1.80 bits per heavy atom. The molecule has 1 N–H and O–H groups in total. The molecule has 1 aromatic heterocycles. The van der Waals surface area contributed by atoms with E-state index in [4.69, 9.17) is 11.6 Å². The Balaban J connectivity index is 2.77. The fourth-order valence-corrected chi connectivity index (χ4v) is 0.931. The highest BCUT2D eigenvalue weighted by molar-refractivity contribution is 6.29. The second kappa shape index (κ2) is 3.03. The van der Waals surface area contributed by atoms with Crippen molar-refractivity contribution < 1.29 is 0 Å². The van der Waals surface area contributed by atoms with Crippen molar-refractivity contribution in [3.8, 4) is 0 Å². The van der Waals surface area contributed by atoms with E-state index in [0.717, 1.165) is 12.2 Å². The van der Waals surface area contributed by atoms with Crippen molar-refractivity contribution in [3.05, 3.63) is 16.9 Å². The zero-order valence-electron chi connectivity index (χ0n) is 6.06. The molecule has 1 heterocycles. The lowest BCUT2D eigenvalue weighted by molar-refractivity contribution is 0.712. The van der Waals surface area contributed by atoms with Crippen LogP contribution in [0.15, 0.2) is 6.07 Å². The van der Waals surface area contributed by atoms with Crippen molar-refractivity contribution in [2.75, 3.05) is 7.05 Å². The van der Waals surface area contributed by atoms with Crippen LogP contribution in [0.25, 0.3) is 0 Å². The fourth-order valence-electron chi connectivity index (χ4n) is 0.768. The van der Waals surface area contributed by atoms with Crippen molar-refractivity contribution in [1.29, 1.82) is 0 Å². The van der Waals surface area contributed by atoms with Gasteiger partial charge in [-0.05, 0) is 13.1 Å². The third kappa shape index (κ3) is 1.49. The summed E-state index contributed by atoms with van der Waals surface area (Å²) in [6.07, 6.45) is 0. The smallest absolute Gasteiger partial charge is 0.127 e. The van der Waals surface area contributed by atoms with Gasteiger partial charge in [-0.1, -0.05) is 11.6 Å². The van der Waals surface area contributed by atoms with Gasteiger partial charge in [0, 0.05) is 13.6 Å². The Kier molecular flexibility index (Phi) is 2.29. The van der Waals surface area contributed by atoms with E-state index in [9.17, 15) is 0 Å². The lowest BCUT2D eigenvalue weighted by Gasteiger charge is -1.90. The molecule has 0 saturated carbocycles. The Morgan fingerprint density at radius 2 is 2.50 bits per heavy atom. The first-order valence-corrected chi connectivity index (χ1v) is 3.45. The molecule has 0 saturated heterocycles. The fraction of sp³-hybridized carbons (Fsp3) is 0.500. The van der Waals surface area contributed by atoms with E-state index in [1.165, 1.54) is 0 Å². The summed E-state index contributed by atoms with van der Waals surface area (Å²) in [5.74, 6) is 0. The number of nitrogens with one attached hydrogen (secondary N) is 1. The number of hydrogen-bond donors (Lipinski definition) is 1. The molecule has 0 aromatic carbocycles. The number of rotatable bonds is 2. The Bertz CT molecular complexity index is 199. The van der Waals surface area contributed by atoms with Crippen LogP contribution in [0.5, 0.6) is 0 Å².